The maximum atomic E-state index is 12.8. The smallest absolute Gasteiger partial charge is 0.348 e. The zero-order chi connectivity index (χ0) is 18.0. The standard InChI is InChI=1S/C16H18F3N5O/c17-16(18,19)11-4-2-5-12(7-11)24-9-14(22-23-24)15(25)21-13-6-1-3-10(13)8-20/h2,4-5,7,9-10,13H,1,3,6,8,20H2,(H,21,25). The Morgan fingerprint density at radius 1 is 1.36 bits per heavy atom. The number of carbonyl (C=O) groups excluding carboxylic acids is 1. The highest BCUT2D eigenvalue weighted by atomic mass is 19.4. The van der Waals surface area contributed by atoms with E-state index in [1.807, 2.05) is 0 Å². The summed E-state index contributed by atoms with van der Waals surface area (Å²) in [4.78, 5) is 12.3. The molecule has 1 aromatic heterocycles. The third-order valence-corrected chi connectivity index (χ3v) is 4.44. The van der Waals surface area contributed by atoms with Gasteiger partial charge < -0.3 is 11.1 Å². The molecule has 6 nitrogen and oxygen atoms in total. The molecule has 3 rings (SSSR count). The van der Waals surface area contributed by atoms with Crippen molar-refractivity contribution in [2.45, 2.75) is 31.5 Å². The number of amides is 1. The van der Waals surface area contributed by atoms with Crippen LogP contribution in [0.5, 0.6) is 0 Å². The van der Waals surface area contributed by atoms with Crippen molar-refractivity contribution < 1.29 is 18.0 Å². The van der Waals surface area contributed by atoms with Crippen molar-refractivity contribution in [1.29, 1.82) is 0 Å². The summed E-state index contributed by atoms with van der Waals surface area (Å²) in [7, 11) is 0. The summed E-state index contributed by atoms with van der Waals surface area (Å²) in [5, 5.41) is 10.4. The van der Waals surface area contributed by atoms with E-state index in [4.69, 9.17) is 5.73 Å². The van der Waals surface area contributed by atoms with Gasteiger partial charge >= 0.3 is 6.18 Å². The number of rotatable bonds is 4. The predicted molar refractivity (Wildman–Crippen MR) is 84.0 cm³/mol. The van der Waals surface area contributed by atoms with Gasteiger partial charge in [-0.25, -0.2) is 4.68 Å². The molecular formula is C16H18F3N5O. The Balaban J connectivity index is 1.75. The summed E-state index contributed by atoms with van der Waals surface area (Å²) in [5.41, 5.74) is 5.14. The average molecular weight is 353 g/mol. The quantitative estimate of drug-likeness (QED) is 0.882. The van der Waals surface area contributed by atoms with Gasteiger partial charge in [0.1, 0.15) is 0 Å². The third-order valence-electron chi connectivity index (χ3n) is 4.44. The predicted octanol–water partition coefficient (Wildman–Crippen LogP) is 2.14. The van der Waals surface area contributed by atoms with Crippen molar-refractivity contribution in [2.75, 3.05) is 6.54 Å². The van der Waals surface area contributed by atoms with E-state index in [0.29, 0.717) is 6.54 Å². The molecule has 0 saturated heterocycles. The van der Waals surface area contributed by atoms with E-state index in [2.05, 4.69) is 15.6 Å². The summed E-state index contributed by atoms with van der Waals surface area (Å²) >= 11 is 0. The van der Waals surface area contributed by atoms with Crippen LogP contribution < -0.4 is 11.1 Å². The number of hydrogen-bond donors (Lipinski definition) is 2. The fraction of sp³-hybridized carbons (Fsp3) is 0.438. The van der Waals surface area contributed by atoms with Gasteiger partial charge in [-0.15, -0.1) is 5.10 Å². The average Bonchev–Trinajstić information content (AvgIpc) is 3.23. The van der Waals surface area contributed by atoms with Crippen molar-refractivity contribution in [3.8, 4) is 5.69 Å². The topological polar surface area (TPSA) is 85.8 Å². The van der Waals surface area contributed by atoms with Crippen LogP contribution in [0.2, 0.25) is 0 Å². The van der Waals surface area contributed by atoms with E-state index in [1.54, 1.807) is 0 Å². The van der Waals surface area contributed by atoms with Crippen molar-refractivity contribution in [3.05, 3.63) is 41.7 Å². The van der Waals surface area contributed by atoms with Crippen LogP contribution in [0.4, 0.5) is 13.2 Å². The molecule has 1 saturated carbocycles. The minimum atomic E-state index is -4.45. The Morgan fingerprint density at radius 2 is 2.16 bits per heavy atom. The number of nitrogens with zero attached hydrogens (tertiary/aromatic N) is 3. The Hall–Kier alpha value is -2.42. The lowest BCUT2D eigenvalue weighted by Gasteiger charge is -2.18. The molecule has 1 fully saturated rings. The van der Waals surface area contributed by atoms with Crippen LogP contribution in [0.3, 0.4) is 0 Å². The van der Waals surface area contributed by atoms with Gasteiger partial charge in [0.15, 0.2) is 5.69 Å². The van der Waals surface area contributed by atoms with Gasteiger partial charge in [-0.2, -0.15) is 13.2 Å². The van der Waals surface area contributed by atoms with Crippen molar-refractivity contribution in [3.63, 3.8) is 0 Å². The normalized spacial score (nSPS) is 20.6. The van der Waals surface area contributed by atoms with Crippen LogP contribution >= 0.6 is 0 Å². The molecule has 2 atom stereocenters. The monoisotopic (exact) mass is 353 g/mol. The molecule has 1 aliphatic rings. The molecule has 1 amide bonds. The lowest BCUT2D eigenvalue weighted by Crippen LogP contribution is -2.40. The molecule has 3 N–H and O–H groups in total. The summed E-state index contributed by atoms with van der Waals surface area (Å²) < 4.78 is 39.5. The zero-order valence-corrected chi connectivity index (χ0v) is 13.3. The lowest BCUT2D eigenvalue weighted by molar-refractivity contribution is -0.137. The molecule has 1 heterocycles. The van der Waals surface area contributed by atoms with Crippen LogP contribution in [0.1, 0.15) is 35.3 Å². The fourth-order valence-corrected chi connectivity index (χ4v) is 3.07. The van der Waals surface area contributed by atoms with E-state index >= 15 is 0 Å². The van der Waals surface area contributed by atoms with E-state index < -0.39 is 17.6 Å². The van der Waals surface area contributed by atoms with Crippen LogP contribution in [0.15, 0.2) is 30.5 Å². The highest BCUT2D eigenvalue weighted by Crippen LogP contribution is 2.30. The second kappa shape index (κ2) is 6.83. The summed E-state index contributed by atoms with van der Waals surface area (Å²) in [6.45, 7) is 0.502. The van der Waals surface area contributed by atoms with Crippen LogP contribution in [-0.2, 0) is 6.18 Å². The van der Waals surface area contributed by atoms with Crippen molar-refractivity contribution in [1.82, 2.24) is 20.3 Å². The number of aromatic nitrogens is 3. The van der Waals surface area contributed by atoms with Gasteiger partial charge in [0, 0.05) is 6.04 Å². The van der Waals surface area contributed by atoms with E-state index in [-0.39, 0.29) is 23.3 Å². The number of hydrogen-bond acceptors (Lipinski definition) is 4. The highest BCUT2D eigenvalue weighted by Gasteiger charge is 2.31. The highest BCUT2D eigenvalue weighted by molar-refractivity contribution is 5.92. The zero-order valence-electron chi connectivity index (χ0n) is 13.3. The molecule has 0 radical (unpaired) electrons. The Morgan fingerprint density at radius 3 is 2.88 bits per heavy atom. The first-order valence-electron chi connectivity index (χ1n) is 7.99. The minimum absolute atomic E-state index is 0.00351. The second-order valence-corrected chi connectivity index (χ2v) is 6.10. The minimum Gasteiger partial charge on any atom is -0.348 e. The number of alkyl halides is 3. The van der Waals surface area contributed by atoms with Gasteiger partial charge in [0.05, 0.1) is 17.4 Å². The van der Waals surface area contributed by atoms with Crippen molar-refractivity contribution >= 4 is 5.91 Å². The lowest BCUT2D eigenvalue weighted by atomic mass is 10.0. The summed E-state index contributed by atoms with van der Waals surface area (Å²) in [5.74, 6) is -0.161. The van der Waals surface area contributed by atoms with Gasteiger partial charge in [-0.05, 0) is 43.5 Å². The largest absolute Gasteiger partial charge is 0.416 e. The fourth-order valence-electron chi connectivity index (χ4n) is 3.07. The number of carbonyl (C=O) groups is 1. The molecule has 2 unspecified atom stereocenters. The van der Waals surface area contributed by atoms with Crippen LogP contribution in [0, 0.1) is 5.92 Å². The molecule has 0 spiro atoms. The molecule has 0 aliphatic heterocycles. The number of nitrogens with one attached hydrogen (secondary N) is 1. The van der Waals surface area contributed by atoms with Crippen molar-refractivity contribution in [2.24, 2.45) is 11.7 Å². The first-order chi connectivity index (χ1) is 11.9. The Labute approximate surface area is 142 Å². The third kappa shape index (κ3) is 3.81. The molecule has 134 valence electrons. The molecule has 1 aromatic carbocycles. The molecule has 25 heavy (non-hydrogen) atoms. The number of halogens is 3. The van der Waals surface area contributed by atoms with E-state index in [0.717, 1.165) is 36.1 Å². The van der Waals surface area contributed by atoms with Gasteiger partial charge in [-0.3, -0.25) is 4.79 Å². The molecule has 9 heteroatoms. The van der Waals surface area contributed by atoms with E-state index in [9.17, 15) is 18.0 Å². The number of nitrogens with two attached hydrogens (primary N) is 1. The van der Waals surface area contributed by atoms with Gasteiger partial charge in [0.25, 0.3) is 5.91 Å². The van der Waals surface area contributed by atoms with Crippen LogP contribution in [0.25, 0.3) is 5.69 Å². The second-order valence-electron chi connectivity index (χ2n) is 6.10. The summed E-state index contributed by atoms with van der Waals surface area (Å²) in [6, 6.07) is 4.67. The maximum Gasteiger partial charge on any atom is 0.416 e. The summed E-state index contributed by atoms with van der Waals surface area (Å²) in [6.07, 6.45) is -0.300. The molecular weight excluding hydrogens is 335 g/mol. The van der Waals surface area contributed by atoms with E-state index in [1.165, 1.54) is 18.3 Å². The van der Waals surface area contributed by atoms with Crippen LogP contribution in [-0.4, -0.2) is 33.5 Å². The first kappa shape index (κ1) is 17.4. The maximum absolute atomic E-state index is 12.8. The Kier molecular flexibility index (Phi) is 4.76. The number of benzene rings is 1. The molecule has 2 aromatic rings. The Bertz CT molecular complexity index is 758. The first-order valence-corrected chi connectivity index (χ1v) is 7.99. The van der Waals surface area contributed by atoms with Gasteiger partial charge in [-0.1, -0.05) is 17.7 Å². The van der Waals surface area contributed by atoms with Gasteiger partial charge in [0.2, 0.25) is 0 Å². The molecule has 0 bridgehead atoms. The SMILES string of the molecule is NCC1CCCC1NC(=O)c1cn(-c2cccc(C(F)(F)F)c2)nn1. The molecule has 1 aliphatic carbocycles.